The van der Waals surface area contributed by atoms with Crippen LogP contribution in [-0.2, 0) is 4.79 Å². The summed E-state index contributed by atoms with van der Waals surface area (Å²) in [6, 6.07) is 0. The summed E-state index contributed by atoms with van der Waals surface area (Å²) in [6.07, 6.45) is 55.0. The van der Waals surface area contributed by atoms with Crippen molar-refractivity contribution in [2.45, 2.75) is 277 Å². The van der Waals surface area contributed by atoms with Gasteiger partial charge in [0.05, 0.1) is 6.54 Å². The summed E-state index contributed by atoms with van der Waals surface area (Å²) in [6.45, 7) is 7.67. The average Bonchev–Trinajstić information content (AvgIpc) is 3.59. The molecule has 50 heavy (non-hydrogen) atoms. The first kappa shape index (κ1) is 47.1. The van der Waals surface area contributed by atoms with Crippen molar-refractivity contribution in [2.75, 3.05) is 6.54 Å². The molecule has 0 spiro atoms. The van der Waals surface area contributed by atoms with Crippen LogP contribution in [-0.4, -0.2) is 35.6 Å². The number of amides is 1. The van der Waals surface area contributed by atoms with E-state index in [0.717, 1.165) is 13.0 Å². The van der Waals surface area contributed by atoms with Gasteiger partial charge in [-0.05, 0) is 12.8 Å². The van der Waals surface area contributed by atoms with Crippen molar-refractivity contribution in [2.24, 2.45) is 0 Å². The van der Waals surface area contributed by atoms with Crippen LogP contribution >= 0.6 is 0 Å². The molecule has 0 radical (unpaired) electrons. The summed E-state index contributed by atoms with van der Waals surface area (Å²) in [5, 5.41) is 6.93. The van der Waals surface area contributed by atoms with Gasteiger partial charge in [0.1, 0.15) is 0 Å². The normalized spacial score (nSPS) is 15.1. The van der Waals surface area contributed by atoms with Crippen LogP contribution in [0.1, 0.15) is 265 Å². The van der Waals surface area contributed by atoms with Crippen molar-refractivity contribution in [3.63, 3.8) is 0 Å². The highest BCUT2D eigenvalue weighted by molar-refractivity contribution is 5.76. The monoisotopic (exact) mass is 703 g/mol. The SMILES string of the molecule is CCCCCCCCCCCCCCCCCCCCC(=O)NC(C)[N+]1=CCNC1CCCCCCCCCCCCCCCCCCCC. The fraction of sp³-hybridized carbons (Fsp3) is 0.957. The standard InChI is InChI=1S/C46H91N3O/c1-4-6-8-10-12-14-16-18-20-22-24-26-28-30-32-34-36-38-40-45-47-42-43-49(45)44(3)48-46(50)41-39-37-35-33-31-29-27-25-23-21-19-17-15-13-11-9-7-5-2/h43-45,47H,4-42H2,1-3H3/p+1. The summed E-state index contributed by atoms with van der Waals surface area (Å²) >= 11 is 0. The van der Waals surface area contributed by atoms with Crippen LogP contribution < -0.4 is 10.6 Å². The second-order valence-electron chi connectivity index (χ2n) is 16.4. The van der Waals surface area contributed by atoms with Crippen LogP contribution in [0, 0.1) is 0 Å². The molecule has 0 aromatic heterocycles. The molecule has 0 aliphatic carbocycles. The molecule has 1 aliphatic heterocycles. The highest BCUT2D eigenvalue weighted by atomic mass is 16.1. The largest absolute Gasteiger partial charge is 0.299 e. The third-order valence-corrected chi connectivity index (χ3v) is 11.4. The van der Waals surface area contributed by atoms with Gasteiger partial charge in [-0.3, -0.25) is 10.1 Å². The molecule has 2 atom stereocenters. The molecule has 0 bridgehead atoms. The topological polar surface area (TPSA) is 44.1 Å². The lowest BCUT2D eigenvalue weighted by Crippen LogP contribution is -2.46. The summed E-state index contributed by atoms with van der Waals surface area (Å²) in [7, 11) is 0. The number of carbonyl (C=O) groups excluding carboxylic acids is 1. The minimum Gasteiger partial charge on any atom is -0.299 e. The Morgan fingerprint density at radius 1 is 0.520 bits per heavy atom. The number of hydrogen-bond acceptors (Lipinski definition) is 2. The van der Waals surface area contributed by atoms with Crippen molar-refractivity contribution in [1.82, 2.24) is 10.6 Å². The highest BCUT2D eigenvalue weighted by Gasteiger charge is 2.30. The number of unbranched alkanes of at least 4 members (excludes halogenated alkanes) is 34. The number of rotatable bonds is 40. The first-order valence-corrected chi connectivity index (χ1v) is 23.3. The zero-order valence-corrected chi connectivity index (χ0v) is 34.7. The van der Waals surface area contributed by atoms with Crippen molar-refractivity contribution in [3.05, 3.63) is 0 Å². The summed E-state index contributed by atoms with van der Waals surface area (Å²) in [5.74, 6) is 0.223. The Hall–Kier alpha value is -0.900. The second-order valence-corrected chi connectivity index (χ2v) is 16.4. The minimum absolute atomic E-state index is 0.0774. The molecule has 1 rings (SSSR count). The summed E-state index contributed by atoms with van der Waals surface area (Å²) < 4.78 is 2.36. The van der Waals surface area contributed by atoms with Crippen LogP contribution in [0.3, 0.4) is 0 Å². The van der Waals surface area contributed by atoms with E-state index in [-0.39, 0.29) is 12.1 Å². The van der Waals surface area contributed by atoms with E-state index in [1.165, 1.54) is 231 Å². The molecule has 0 saturated heterocycles. The zero-order valence-electron chi connectivity index (χ0n) is 34.7. The minimum atomic E-state index is 0.0774. The maximum Gasteiger partial charge on any atom is 0.226 e. The van der Waals surface area contributed by atoms with Gasteiger partial charge in [0, 0.05) is 19.8 Å². The van der Waals surface area contributed by atoms with Crippen molar-refractivity contribution in [1.29, 1.82) is 0 Å². The van der Waals surface area contributed by atoms with Crippen molar-refractivity contribution < 1.29 is 9.37 Å². The van der Waals surface area contributed by atoms with Crippen molar-refractivity contribution in [3.8, 4) is 0 Å². The Balaban J connectivity index is 1.87. The van der Waals surface area contributed by atoms with E-state index < -0.39 is 0 Å². The Labute approximate surface area is 315 Å². The highest BCUT2D eigenvalue weighted by Crippen LogP contribution is 2.17. The Morgan fingerprint density at radius 3 is 1.16 bits per heavy atom. The van der Waals surface area contributed by atoms with Gasteiger partial charge in [-0.2, -0.15) is 0 Å². The number of nitrogens with zero attached hydrogens (tertiary/aromatic N) is 1. The molecule has 2 N–H and O–H groups in total. The quantitative estimate of drug-likeness (QED) is 0.0493. The average molecular weight is 703 g/mol. The summed E-state index contributed by atoms with van der Waals surface area (Å²) in [4.78, 5) is 12.7. The lowest BCUT2D eigenvalue weighted by atomic mass is 10.0. The molecular formula is C46H92N3O+. The lowest BCUT2D eigenvalue weighted by molar-refractivity contribution is -0.595. The molecule has 4 nitrogen and oxygen atoms in total. The van der Waals surface area contributed by atoms with Crippen LogP contribution in [0.25, 0.3) is 0 Å². The molecule has 0 saturated carbocycles. The fourth-order valence-corrected chi connectivity index (χ4v) is 8.01. The summed E-state index contributed by atoms with van der Waals surface area (Å²) in [5.41, 5.74) is 0. The van der Waals surface area contributed by atoms with Gasteiger partial charge in [-0.1, -0.05) is 232 Å². The van der Waals surface area contributed by atoms with Gasteiger partial charge in [0.15, 0.2) is 6.21 Å². The fourth-order valence-electron chi connectivity index (χ4n) is 8.01. The predicted octanol–water partition coefficient (Wildman–Crippen LogP) is 14.3. The molecule has 0 aromatic carbocycles. The van der Waals surface area contributed by atoms with Crippen LogP contribution in [0.4, 0.5) is 0 Å². The number of carbonyl (C=O) groups is 1. The molecule has 1 heterocycles. The van der Waals surface area contributed by atoms with Gasteiger partial charge in [-0.25, -0.2) is 9.89 Å². The van der Waals surface area contributed by atoms with E-state index in [1.807, 2.05) is 0 Å². The Morgan fingerprint density at radius 2 is 0.820 bits per heavy atom. The van der Waals surface area contributed by atoms with E-state index in [2.05, 4.69) is 42.2 Å². The maximum atomic E-state index is 12.7. The van der Waals surface area contributed by atoms with E-state index in [4.69, 9.17) is 0 Å². The zero-order chi connectivity index (χ0) is 36.0. The molecule has 296 valence electrons. The van der Waals surface area contributed by atoms with Gasteiger partial charge < -0.3 is 0 Å². The maximum absolute atomic E-state index is 12.7. The van der Waals surface area contributed by atoms with Crippen LogP contribution in [0.2, 0.25) is 0 Å². The number of nitrogens with one attached hydrogen (secondary N) is 2. The third kappa shape index (κ3) is 30.7. The molecule has 0 fully saturated rings. The van der Waals surface area contributed by atoms with E-state index in [1.54, 1.807) is 0 Å². The molecular weight excluding hydrogens is 611 g/mol. The molecule has 0 aromatic rings. The Bertz CT molecular complexity index is 737. The van der Waals surface area contributed by atoms with Gasteiger partial charge in [-0.15, -0.1) is 0 Å². The first-order valence-electron chi connectivity index (χ1n) is 23.3. The van der Waals surface area contributed by atoms with Crippen LogP contribution in [0.5, 0.6) is 0 Å². The first-order chi connectivity index (χ1) is 24.7. The van der Waals surface area contributed by atoms with E-state index >= 15 is 0 Å². The third-order valence-electron chi connectivity index (χ3n) is 11.4. The molecule has 1 aliphatic rings. The molecule has 4 heteroatoms. The van der Waals surface area contributed by atoms with Crippen LogP contribution in [0.15, 0.2) is 0 Å². The van der Waals surface area contributed by atoms with E-state index in [9.17, 15) is 4.79 Å². The van der Waals surface area contributed by atoms with Gasteiger partial charge >= 0.3 is 0 Å². The second kappa shape index (κ2) is 37.8. The number of hydrogen-bond donors (Lipinski definition) is 2. The van der Waals surface area contributed by atoms with Gasteiger partial charge in [0.25, 0.3) is 0 Å². The van der Waals surface area contributed by atoms with Crippen molar-refractivity contribution >= 4 is 12.1 Å². The molecule has 1 amide bonds. The lowest BCUT2D eigenvalue weighted by Gasteiger charge is -2.17. The molecule has 2 unspecified atom stereocenters. The smallest absolute Gasteiger partial charge is 0.226 e. The predicted molar refractivity (Wildman–Crippen MR) is 223 cm³/mol. The van der Waals surface area contributed by atoms with Gasteiger partial charge in [0.2, 0.25) is 18.2 Å². The Kier molecular flexibility index (Phi) is 35.7. The van der Waals surface area contributed by atoms with E-state index in [0.29, 0.717) is 12.6 Å².